The van der Waals surface area contributed by atoms with Gasteiger partial charge in [0.1, 0.15) is 5.82 Å². The van der Waals surface area contributed by atoms with E-state index < -0.39 is 6.04 Å². The average molecular weight is 662 g/mol. The van der Waals surface area contributed by atoms with Crippen LogP contribution in [0, 0.1) is 5.92 Å². The molecule has 1 atom stereocenters. The van der Waals surface area contributed by atoms with Crippen LogP contribution >= 0.6 is 11.6 Å². The van der Waals surface area contributed by atoms with Crippen LogP contribution in [-0.4, -0.2) is 62.2 Å². The normalized spacial score (nSPS) is 19.5. The third-order valence-corrected chi connectivity index (χ3v) is 9.17. The summed E-state index contributed by atoms with van der Waals surface area (Å²) in [6.07, 6.45) is 6.31. The van der Waals surface area contributed by atoms with Crippen molar-refractivity contribution < 1.29 is 19.1 Å². The molecule has 0 radical (unpaired) electrons. The molecular formula is C37H48ClN5O4. The van der Waals surface area contributed by atoms with E-state index in [1.165, 1.54) is 0 Å². The molecule has 2 aliphatic rings. The lowest BCUT2D eigenvalue weighted by Gasteiger charge is -2.38. The van der Waals surface area contributed by atoms with E-state index in [1.54, 1.807) is 13.3 Å². The van der Waals surface area contributed by atoms with Gasteiger partial charge in [-0.2, -0.15) is 0 Å². The minimum atomic E-state index is -0.394. The number of rotatable bonds is 12. The maximum atomic E-state index is 13.9. The fourth-order valence-electron chi connectivity index (χ4n) is 6.72. The van der Waals surface area contributed by atoms with Crippen LogP contribution in [0.15, 0.2) is 54.7 Å². The highest BCUT2D eigenvalue weighted by atomic mass is 35.5. The third-order valence-electron chi connectivity index (χ3n) is 8.92. The zero-order valence-electron chi connectivity index (χ0n) is 28.4. The molecule has 3 aromatic rings. The highest BCUT2D eigenvalue weighted by Crippen LogP contribution is 2.44. The quantitative estimate of drug-likeness (QED) is 0.235. The van der Waals surface area contributed by atoms with E-state index in [1.807, 2.05) is 81.1 Å². The van der Waals surface area contributed by atoms with E-state index in [4.69, 9.17) is 26.1 Å². The van der Waals surface area contributed by atoms with Gasteiger partial charge in [-0.05, 0) is 112 Å². The summed E-state index contributed by atoms with van der Waals surface area (Å²) in [5, 5.41) is 7.00. The Morgan fingerprint density at radius 3 is 2.38 bits per heavy atom. The molecule has 47 heavy (non-hydrogen) atoms. The number of methoxy groups -OCH3 is 1. The molecule has 1 aliphatic heterocycles. The summed E-state index contributed by atoms with van der Waals surface area (Å²) in [7, 11) is 3.69. The van der Waals surface area contributed by atoms with Crippen molar-refractivity contribution in [1.29, 1.82) is 0 Å². The van der Waals surface area contributed by atoms with Crippen LogP contribution in [0.1, 0.15) is 76.1 Å². The SMILES string of the molecule is COc1cc2c(cc1OC(C)C)[C@H](c1ccc(Cl)cc1)N(c1ccc(N(C)CC3CCC(NCC(=O)NC(C)C)CC3)nc1)C(=O)C2. The summed E-state index contributed by atoms with van der Waals surface area (Å²) in [5.41, 5.74) is 3.56. The van der Waals surface area contributed by atoms with Crippen molar-refractivity contribution in [3.8, 4) is 11.5 Å². The number of carbonyl (C=O) groups is 2. The number of nitrogens with one attached hydrogen (secondary N) is 2. The average Bonchev–Trinajstić information content (AvgIpc) is 3.04. The molecule has 1 aromatic heterocycles. The van der Waals surface area contributed by atoms with Crippen molar-refractivity contribution in [3.63, 3.8) is 0 Å². The van der Waals surface area contributed by atoms with Crippen molar-refractivity contribution in [2.24, 2.45) is 5.92 Å². The summed E-state index contributed by atoms with van der Waals surface area (Å²) in [6, 6.07) is 15.7. The first-order valence-electron chi connectivity index (χ1n) is 16.7. The Balaban J connectivity index is 1.31. The number of hydrogen-bond acceptors (Lipinski definition) is 7. The molecule has 1 aliphatic carbocycles. The van der Waals surface area contributed by atoms with Gasteiger partial charge >= 0.3 is 0 Å². The zero-order valence-corrected chi connectivity index (χ0v) is 29.1. The fraction of sp³-hybridized carbons (Fsp3) is 0.486. The Hall–Kier alpha value is -3.82. The second-order valence-corrected chi connectivity index (χ2v) is 13.8. The van der Waals surface area contributed by atoms with Crippen molar-refractivity contribution in [1.82, 2.24) is 15.6 Å². The number of benzene rings is 2. The lowest BCUT2D eigenvalue weighted by molar-refractivity contribution is -0.121. The molecule has 1 saturated carbocycles. The number of pyridine rings is 1. The Morgan fingerprint density at radius 2 is 1.77 bits per heavy atom. The van der Waals surface area contributed by atoms with Gasteiger partial charge in [0, 0.05) is 30.7 Å². The standard InChI is InChI=1S/C37H48ClN5O4/c1-23(2)41-35(44)21-39-29-13-7-25(8-14-29)22-42(5)34-16-15-30(20-40-34)43-36(45)18-27-17-32(46-6)33(47-24(3)4)19-31(27)37(43)26-9-11-28(38)12-10-26/h9-12,15-17,19-20,23-25,29,37,39H,7-8,13-14,18,21-22H2,1-6H3,(H,41,44)/t25?,29?,37-/m0/s1. The third kappa shape index (κ3) is 8.56. The molecule has 9 nitrogen and oxygen atoms in total. The molecule has 10 heteroatoms. The molecule has 0 spiro atoms. The molecule has 5 rings (SSSR count). The topological polar surface area (TPSA) is 96.0 Å². The Bertz CT molecular complexity index is 1520. The van der Waals surface area contributed by atoms with E-state index in [9.17, 15) is 9.59 Å². The zero-order chi connectivity index (χ0) is 33.7. The molecule has 2 N–H and O–H groups in total. The second kappa shape index (κ2) is 15.4. The minimum absolute atomic E-state index is 0.0213. The lowest BCUT2D eigenvalue weighted by Crippen LogP contribution is -2.43. The Morgan fingerprint density at radius 1 is 1.04 bits per heavy atom. The summed E-state index contributed by atoms with van der Waals surface area (Å²) in [5.74, 6) is 2.71. The molecule has 2 aromatic carbocycles. The largest absolute Gasteiger partial charge is 0.493 e. The molecule has 0 saturated heterocycles. The van der Waals surface area contributed by atoms with Crippen molar-refractivity contribution >= 4 is 34.9 Å². The van der Waals surface area contributed by atoms with Gasteiger partial charge in [0.05, 0.1) is 44.1 Å². The minimum Gasteiger partial charge on any atom is -0.493 e. The van der Waals surface area contributed by atoms with E-state index in [0.717, 1.165) is 60.4 Å². The second-order valence-electron chi connectivity index (χ2n) is 13.3. The number of carbonyl (C=O) groups excluding carboxylic acids is 2. The van der Waals surface area contributed by atoms with Crippen molar-refractivity contribution in [3.05, 3.63) is 76.4 Å². The van der Waals surface area contributed by atoms with Crippen molar-refractivity contribution in [2.45, 2.75) is 84.0 Å². The maximum Gasteiger partial charge on any atom is 0.234 e. The highest BCUT2D eigenvalue weighted by molar-refractivity contribution is 6.30. The first kappa shape index (κ1) is 34.5. The molecule has 1 fully saturated rings. The van der Waals surface area contributed by atoms with Crippen LogP contribution in [0.25, 0.3) is 0 Å². The van der Waals surface area contributed by atoms with Gasteiger partial charge in [-0.3, -0.25) is 14.5 Å². The number of hydrogen-bond donors (Lipinski definition) is 2. The monoisotopic (exact) mass is 661 g/mol. The number of aromatic nitrogens is 1. The molecular weight excluding hydrogens is 614 g/mol. The first-order valence-corrected chi connectivity index (χ1v) is 17.0. The van der Waals surface area contributed by atoms with Crippen LogP contribution in [0.3, 0.4) is 0 Å². The summed E-state index contributed by atoms with van der Waals surface area (Å²) < 4.78 is 11.8. The number of anilines is 2. The Labute approximate surface area is 284 Å². The van der Waals surface area contributed by atoms with Gasteiger partial charge in [0.15, 0.2) is 11.5 Å². The van der Waals surface area contributed by atoms with Gasteiger partial charge in [-0.1, -0.05) is 23.7 Å². The van der Waals surface area contributed by atoms with Crippen molar-refractivity contribution in [2.75, 3.05) is 37.0 Å². The molecule has 2 amide bonds. The Kier molecular flexibility index (Phi) is 11.3. The van der Waals surface area contributed by atoms with Gasteiger partial charge in [0.2, 0.25) is 11.8 Å². The van der Waals surface area contributed by atoms with Gasteiger partial charge in [-0.15, -0.1) is 0 Å². The van der Waals surface area contributed by atoms with E-state index >= 15 is 0 Å². The molecule has 252 valence electrons. The summed E-state index contributed by atoms with van der Waals surface area (Å²) in [4.78, 5) is 34.8. The number of nitrogens with zero attached hydrogens (tertiary/aromatic N) is 3. The van der Waals surface area contributed by atoms with Crippen LogP contribution in [0.5, 0.6) is 11.5 Å². The summed E-state index contributed by atoms with van der Waals surface area (Å²) >= 11 is 6.27. The van der Waals surface area contributed by atoms with Crippen LogP contribution < -0.4 is 29.9 Å². The van der Waals surface area contributed by atoms with Gasteiger partial charge < -0.3 is 25.0 Å². The number of fused-ring (bicyclic) bond motifs is 1. The fourth-order valence-corrected chi connectivity index (χ4v) is 6.84. The number of ether oxygens (including phenoxy) is 2. The van der Waals surface area contributed by atoms with Crippen LogP contribution in [0.2, 0.25) is 5.02 Å². The van der Waals surface area contributed by atoms with Crippen LogP contribution in [0.4, 0.5) is 11.5 Å². The van der Waals surface area contributed by atoms with E-state index in [-0.39, 0.29) is 30.4 Å². The molecule has 0 unspecified atom stereocenters. The number of amides is 2. The summed E-state index contributed by atoms with van der Waals surface area (Å²) in [6.45, 7) is 9.18. The van der Waals surface area contributed by atoms with E-state index in [0.29, 0.717) is 35.0 Å². The van der Waals surface area contributed by atoms with Gasteiger partial charge in [-0.25, -0.2) is 4.98 Å². The number of halogens is 1. The predicted octanol–water partition coefficient (Wildman–Crippen LogP) is 6.32. The van der Waals surface area contributed by atoms with Crippen LogP contribution in [-0.2, 0) is 16.0 Å². The highest BCUT2D eigenvalue weighted by Gasteiger charge is 2.36. The van der Waals surface area contributed by atoms with E-state index in [2.05, 4.69) is 22.6 Å². The van der Waals surface area contributed by atoms with Gasteiger partial charge in [0.25, 0.3) is 0 Å². The smallest absolute Gasteiger partial charge is 0.234 e. The first-order chi connectivity index (χ1) is 22.5. The lowest BCUT2D eigenvalue weighted by atomic mass is 9.85. The maximum absolute atomic E-state index is 13.9. The molecule has 0 bridgehead atoms. The predicted molar refractivity (Wildman–Crippen MR) is 188 cm³/mol. The molecule has 2 heterocycles.